The van der Waals surface area contributed by atoms with Gasteiger partial charge in [-0.15, -0.1) is 0 Å². The molecule has 0 saturated heterocycles. The summed E-state index contributed by atoms with van der Waals surface area (Å²) < 4.78 is 20.2. The van der Waals surface area contributed by atoms with Crippen LogP contribution in [0, 0.1) is 0 Å². The summed E-state index contributed by atoms with van der Waals surface area (Å²) in [5, 5.41) is 0. The quantitative estimate of drug-likeness (QED) is 0.407. The predicted molar refractivity (Wildman–Crippen MR) is 16.5 cm³/mol. The molecule has 3 nitrogen and oxygen atoms in total. The van der Waals surface area contributed by atoms with Gasteiger partial charge in [0, 0.05) is 0 Å². The highest BCUT2D eigenvalue weighted by Gasteiger charge is 1.77. The van der Waals surface area contributed by atoms with Crippen LogP contribution in [-0.2, 0) is 4.84 Å². The Hall–Kier alpha value is -0.700. The van der Waals surface area contributed by atoms with E-state index in [1.165, 1.54) is 0 Å². The van der Waals surface area contributed by atoms with Gasteiger partial charge in [-0.1, -0.05) is 5.58 Å². The number of hydrogen-bond donors (Lipinski definition) is 2. The van der Waals surface area contributed by atoms with Gasteiger partial charge in [-0.25, -0.2) is 0 Å². The van der Waals surface area contributed by atoms with Crippen molar-refractivity contribution in [3.05, 3.63) is 12.4 Å². The minimum absolute atomic E-state index is 0.153. The van der Waals surface area contributed by atoms with Gasteiger partial charge >= 0.3 is 0 Å². The van der Waals surface area contributed by atoms with Crippen molar-refractivity contribution in [2.24, 2.45) is 0 Å². The van der Waals surface area contributed by atoms with E-state index in [-0.39, 0.29) is 6.18 Å². The zero-order chi connectivity index (χ0) is 6.15. The van der Waals surface area contributed by atoms with Crippen LogP contribution in [0.25, 0.3) is 0 Å². The summed E-state index contributed by atoms with van der Waals surface area (Å²) in [6.07, 6.45) is 0.847. The second-order valence-corrected chi connectivity index (χ2v) is 0.534. The highest BCUT2D eigenvalue weighted by atomic mass is 16.7. The van der Waals surface area contributed by atoms with Crippen LogP contribution in [0.2, 0.25) is 2.82 Å². The van der Waals surface area contributed by atoms with Gasteiger partial charge in [0.25, 0.3) is 0 Å². The Kier molecular flexibility index (Phi) is 0.166. The Morgan fingerprint density at radius 1 is 2.20 bits per heavy atom. The largest absolute Gasteiger partial charge is 0.395 e. The summed E-state index contributed by atoms with van der Waals surface area (Å²) in [5.41, 5.74) is 0.891. The molecule has 0 atom stereocenters. The van der Waals surface area contributed by atoms with Gasteiger partial charge in [-0.05, 0) is 0 Å². The number of hydrazine groups is 1. The van der Waals surface area contributed by atoms with Gasteiger partial charge in [0.2, 0.25) is 0 Å². The molecular weight excluding hydrogens is 68.0 g/mol. The topological polar surface area (TPSA) is 33.3 Å². The van der Waals surface area contributed by atoms with Crippen molar-refractivity contribution in [2.75, 3.05) is 0 Å². The molecule has 5 heavy (non-hydrogen) atoms. The molecule has 0 fully saturated rings. The first-order valence-corrected chi connectivity index (χ1v) is 1.13. The second-order valence-electron chi connectivity index (χ2n) is 0.534. The van der Waals surface area contributed by atoms with Gasteiger partial charge in [-0.3, -0.25) is 5.42 Å². The summed E-state index contributed by atoms with van der Waals surface area (Å²) in [6.45, 7) is 0. The second kappa shape index (κ2) is 0.944. The fraction of sp³-hybridized carbons (Fsp3) is 0. The molecule has 0 amide bonds. The Morgan fingerprint density at radius 2 is 3.20 bits per heavy atom. The van der Waals surface area contributed by atoms with Crippen molar-refractivity contribution in [3.63, 3.8) is 0 Å². The zero-order valence-electron chi connectivity index (χ0n) is 5.38. The van der Waals surface area contributed by atoms with Crippen LogP contribution in [0.1, 0.15) is 1.37 Å². The SMILES string of the molecule is [2H]C1=CON([2H])N1[2H]. The van der Waals surface area contributed by atoms with Crippen LogP contribution >= 0.6 is 0 Å². The van der Waals surface area contributed by atoms with Gasteiger partial charge in [0.1, 0.15) is 6.26 Å². The zero-order valence-corrected chi connectivity index (χ0v) is 2.38. The monoisotopic (exact) mass is 75.1 g/mol. The Labute approximate surface area is 33.9 Å². The van der Waals surface area contributed by atoms with E-state index in [0.717, 1.165) is 6.26 Å². The molecule has 0 unspecified atom stereocenters. The third-order valence-corrected chi connectivity index (χ3v) is 0.251. The normalized spacial score (nSPS) is 34.0. The van der Waals surface area contributed by atoms with Gasteiger partial charge in [-0.2, -0.15) is 0 Å². The molecule has 0 spiro atoms. The van der Waals surface area contributed by atoms with Crippen molar-refractivity contribution < 1.29 is 9.03 Å². The highest BCUT2D eigenvalue weighted by molar-refractivity contribution is 4.69. The van der Waals surface area contributed by atoms with Crippen LogP contribution in [0.15, 0.2) is 12.4 Å². The van der Waals surface area contributed by atoms with E-state index in [1.807, 2.05) is 0 Å². The Morgan fingerprint density at radius 3 is 3.40 bits per heavy atom. The summed E-state index contributed by atoms with van der Waals surface area (Å²) >= 11 is 0. The third kappa shape index (κ3) is 0.302. The van der Waals surface area contributed by atoms with Crippen molar-refractivity contribution in [3.8, 4) is 0 Å². The molecule has 1 aliphatic rings. The molecule has 0 saturated carbocycles. The summed E-state index contributed by atoms with van der Waals surface area (Å²) in [6, 6.07) is 0. The maximum absolute atomic E-state index is 6.78. The van der Waals surface area contributed by atoms with Crippen LogP contribution < -0.4 is 11.0 Å². The van der Waals surface area contributed by atoms with E-state index in [0.29, 0.717) is 11.0 Å². The lowest BCUT2D eigenvalue weighted by molar-refractivity contribution is 0.137. The van der Waals surface area contributed by atoms with Crippen LogP contribution in [0.4, 0.5) is 0 Å². The number of rotatable bonds is 0. The van der Waals surface area contributed by atoms with Crippen molar-refractivity contribution >= 4 is 0 Å². The standard InChI is InChI=1S/C2H4N2O/c1-2-5-4-3-1/h1-4H/i1D/hD2. The smallest absolute Gasteiger partial charge is 0.196 e. The van der Waals surface area contributed by atoms with Gasteiger partial charge in [0.05, 0.1) is 7.55 Å². The highest BCUT2D eigenvalue weighted by Crippen LogP contribution is 1.70. The van der Waals surface area contributed by atoms with Crippen molar-refractivity contribution in [2.45, 2.75) is 0 Å². The fourth-order valence-corrected chi connectivity index (χ4v) is 0.118. The lowest BCUT2D eigenvalue weighted by Gasteiger charge is -1.85. The first-order chi connectivity index (χ1) is 3.72. The van der Waals surface area contributed by atoms with Crippen molar-refractivity contribution in [1.82, 2.24) is 11.0 Å². The average molecular weight is 75.1 g/mol. The van der Waals surface area contributed by atoms with Gasteiger partial charge < -0.3 is 4.84 Å². The Balaban J connectivity index is 2.59. The molecule has 1 heterocycles. The number of hydrogen-bond acceptors (Lipinski definition) is 3. The summed E-state index contributed by atoms with van der Waals surface area (Å²) in [4.78, 5) is 4.27. The van der Waals surface area contributed by atoms with E-state index >= 15 is 0 Å². The van der Waals surface area contributed by atoms with E-state index in [9.17, 15) is 0 Å². The maximum Gasteiger partial charge on any atom is 0.196 e. The lowest BCUT2D eigenvalue weighted by Crippen LogP contribution is -2.17. The van der Waals surface area contributed by atoms with Crippen LogP contribution in [0.5, 0.6) is 0 Å². The molecule has 0 bridgehead atoms. The molecule has 0 aromatic carbocycles. The van der Waals surface area contributed by atoms with Gasteiger partial charge in [0.15, 0.2) is 2.82 Å². The molecule has 1 rings (SSSR count). The summed E-state index contributed by atoms with van der Waals surface area (Å²) in [5.74, 6) is 0. The molecule has 0 radical (unpaired) electrons. The third-order valence-electron chi connectivity index (χ3n) is 0.251. The summed E-state index contributed by atoms with van der Waals surface area (Å²) in [7, 11) is 0. The first-order valence-electron chi connectivity index (χ1n) is 2.52. The average Bonchev–Trinajstić information content (AvgIpc) is 1.98. The molecule has 0 aromatic heterocycles. The Bertz CT molecular complexity index is 126. The molecule has 0 aromatic rings. The van der Waals surface area contributed by atoms with E-state index in [4.69, 9.17) is 4.19 Å². The molecule has 1 aliphatic heterocycles. The predicted octanol–water partition coefficient (Wildman–Crippen LogP) is -0.503. The molecule has 0 aliphatic carbocycles. The van der Waals surface area contributed by atoms with Crippen LogP contribution in [0.3, 0.4) is 0 Å². The van der Waals surface area contributed by atoms with E-state index in [2.05, 4.69) is 4.84 Å². The lowest BCUT2D eigenvalue weighted by atomic mass is 11.0. The minimum atomic E-state index is -0.153. The minimum Gasteiger partial charge on any atom is -0.395 e. The van der Waals surface area contributed by atoms with Crippen molar-refractivity contribution in [1.29, 1.82) is 0 Å². The molecule has 3 heteroatoms. The molecule has 2 N–H and O–H groups in total. The van der Waals surface area contributed by atoms with E-state index < -0.39 is 0 Å². The molecular formula is C2H4N2O. The number of nitrogens with one attached hydrogen (secondary N) is 2. The van der Waals surface area contributed by atoms with E-state index in [1.54, 1.807) is 0 Å². The fourth-order valence-electron chi connectivity index (χ4n) is 0.118. The maximum atomic E-state index is 6.78. The van der Waals surface area contributed by atoms with Crippen LogP contribution in [-0.4, -0.2) is 0 Å². The first kappa shape index (κ1) is 0.879. The molecule has 28 valence electrons.